The van der Waals surface area contributed by atoms with Gasteiger partial charge in [-0.1, -0.05) is 12.1 Å². The van der Waals surface area contributed by atoms with Crippen molar-refractivity contribution in [3.05, 3.63) is 69.3 Å². The summed E-state index contributed by atoms with van der Waals surface area (Å²) in [5.74, 6) is -0.297. The molecule has 0 spiro atoms. The van der Waals surface area contributed by atoms with Gasteiger partial charge in [0.15, 0.2) is 0 Å². The first-order valence-electron chi connectivity index (χ1n) is 9.92. The van der Waals surface area contributed by atoms with Crippen LogP contribution >= 0.6 is 0 Å². The lowest BCUT2D eigenvalue weighted by atomic mass is 10.1. The van der Waals surface area contributed by atoms with Crippen LogP contribution in [0.5, 0.6) is 5.75 Å². The number of amides is 2. The molecule has 0 saturated carbocycles. The van der Waals surface area contributed by atoms with Gasteiger partial charge in [-0.2, -0.15) is 0 Å². The topological polar surface area (TPSA) is 111 Å². The van der Waals surface area contributed by atoms with E-state index in [0.29, 0.717) is 18.7 Å². The van der Waals surface area contributed by atoms with Crippen LogP contribution in [-0.4, -0.2) is 54.0 Å². The summed E-state index contributed by atoms with van der Waals surface area (Å²) in [6.07, 6.45) is -0.0130. The van der Waals surface area contributed by atoms with E-state index < -0.39 is 10.8 Å². The first-order valence-corrected chi connectivity index (χ1v) is 9.92. The van der Waals surface area contributed by atoms with Crippen LogP contribution in [0.3, 0.4) is 0 Å². The normalized spacial score (nSPS) is 18.4. The van der Waals surface area contributed by atoms with E-state index in [0.717, 1.165) is 5.56 Å². The van der Waals surface area contributed by atoms with Crippen molar-refractivity contribution in [2.24, 2.45) is 0 Å². The number of nitrogens with zero attached hydrogens (tertiary/aromatic N) is 2. The molecule has 1 N–H and O–H groups in total. The molecule has 1 saturated heterocycles. The van der Waals surface area contributed by atoms with Crippen molar-refractivity contribution in [2.45, 2.75) is 32.6 Å². The predicted octanol–water partition coefficient (Wildman–Crippen LogP) is 2.78. The van der Waals surface area contributed by atoms with Gasteiger partial charge in [-0.15, -0.1) is 0 Å². The lowest BCUT2D eigenvalue weighted by Crippen LogP contribution is -2.48. The number of ether oxygens (including phenoxy) is 2. The van der Waals surface area contributed by atoms with Crippen LogP contribution in [0.1, 0.15) is 40.1 Å². The molecule has 0 bridgehead atoms. The minimum atomic E-state index is -0.568. The van der Waals surface area contributed by atoms with Gasteiger partial charge in [0, 0.05) is 37.3 Å². The molecule has 2 amide bonds. The number of hydrogen-bond acceptors (Lipinski definition) is 6. The molecule has 1 fully saturated rings. The zero-order valence-corrected chi connectivity index (χ0v) is 17.7. The number of nitrogens with one attached hydrogen (secondary N) is 1. The van der Waals surface area contributed by atoms with E-state index in [4.69, 9.17) is 9.47 Å². The first kappa shape index (κ1) is 22.2. The summed E-state index contributed by atoms with van der Waals surface area (Å²) in [5.41, 5.74) is 1.24. The van der Waals surface area contributed by atoms with E-state index in [1.165, 1.54) is 25.3 Å². The van der Waals surface area contributed by atoms with Crippen molar-refractivity contribution in [1.29, 1.82) is 0 Å². The zero-order valence-electron chi connectivity index (χ0n) is 17.7. The van der Waals surface area contributed by atoms with E-state index in [9.17, 15) is 19.7 Å². The van der Waals surface area contributed by atoms with Gasteiger partial charge in [-0.3, -0.25) is 19.7 Å². The molecular formula is C22H25N3O6. The highest BCUT2D eigenvalue weighted by Crippen LogP contribution is 2.24. The number of morpholine rings is 1. The van der Waals surface area contributed by atoms with E-state index in [2.05, 4.69) is 5.32 Å². The number of carbonyl (C=O) groups is 2. The molecular weight excluding hydrogens is 402 g/mol. The average Bonchev–Trinajstić information content (AvgIpc) is 2.76. The summed E-state index contributed by atoms with van der Waals surface area (Å²) in [5, 5.41) is 13.7. The molecule has 31 heavy (non-hydrogen) atoms. The predicted molar refractivity (Wildman–Crippen MR) is 113 cm³/mol. The molecule has 2 aromatic rings. The number of benzene rings is 2. The third-order valence-corrected chi connectivity index (χ3v) is 5.00. The Labute approximate surface area is 180 Å². The van der Waals surface area contributed by atoms with E-state index in [1.807, 2.05) is 13.8 Å². The average molecular weight is 427 g/mol. The fraction of sp³-hybridized carbons (Fsp3) is 0.364. The van der Waals surface area contributed by atoms with Crippen LogP contribution in [0.25, 0.3) is 0 Å². The largest absolute Gasteiger partial charge is 0.496 e. The summed E-state index contributed by atoms with van der Waals surface area (Å²) >= 11 is 0. The summed E-state index contributed by atoms with van der Waals surface area (Å²) in [6, 6.07) is 10.8. The molecule has 2 unspecified atom stereocenters. The molecule has 2 aromatic carbocycles. The second-order valence-corrected chi connectivity index (χ2v) is 7.49. The van der Waals surface area contributed by atoms with Gasteiger partial charge in [-0.05, 0) is 37.6 Å². The fourth-order valence-corrected chi connectivity index (χ4v) is 3.56. The van der Waals surface area contributed by atoms with Crippen molar-refractivity contribution in [3.8, 4) is 5.75 Å². The minimum Gasteiger partial charge on any atom is -0.496 e. The number of hydrogen-bond donors (Lipinski definition) is 1. The van der Waals surface area contributed by atoms with Crippen LogP contribution in [-0.2, 0) is 11.3 Å². The maximum absolute atomic E-state index is 12.7. The number of methoxy groups -OCH3 is 1. The Morgan fingerprint density at radius 3 is 2.39 bits per heavy atom. The van der Waals surface area contributed by atoms with Crippen molar-refractivity contribution in [2.75, 3.05) is 20.2 Å². The Hall–Kier alpha value is -3.46. The minimum absolute atomic E-state index is 0.00649. The van der Waals surface area contributed by atoms with Crippen LogP contribution in [0, 0.1) is 10.1 Å². The lowest BCUT2D eigenvalue weighted by Gasteiger charge is -2.35. The highest BCUT2D eigenvalue weighted by molar-refractivity contribution is 5.97. The van der Waals surface area contributed by atoms with Crippen molar-refractivity contribution < 1.29 is 24.0 Å². The third kappa shape index (κ3) is 5.37. The Morgan fingerprint density at radius 1 is 1.16 bits per heavy atom. The zero-order chi connectivity index (χ0) is 22.5. The van der Waals surface area contributed by atoms with Gasteiger partial charge in [0.1, 0.15) is 5.75 Å². The van der Waals surface area contributed by atoms with Crippen LogP contribution in [0.2, 0.25) is 0 Å². The molecule has 0 aliphatic carbocycles. The highest BCUT2D eigenvalue weighted by Gasteiger charge is 2.26. The van der Waals surface area contributed by atoms with Crippen LogP contribution in [0.4, 0.5) is 5.69 Å². The third-order valence-electron chi connectivity index (χ3n) is 5.00. The molecule has 3 rings (SSSR count). The van der Waals surface area contributed by atoms with E-state index in [-0.39, 0.29) is 41.7 Å². The number of carbonyl (C=O) groups excluding carboxylic acids is 2. The Kier molecular flexibility index (Phi) is 6.86. The van der Waals surface area contributed by atoms with E-state index >= 15 is 0 Å². The second kappa shape index (κ2) is 9.57. The van der Waals surface area contributed by atoms with Gasteiger partial charge < -0.3 is 19.7 Å². The number of rotatable bonds is 6. The van der Waals surface area contributed by atoms with Gasteiger partial charge in [0.25, 0.3) is 17.5 Å². The molecule has 9 heteroatoms. The first-order chi connectivity index (χ1) is 14.8. The Bertz CT molecular complexity index is 966. The molecule has 0 radical (unpaired) electrons. The van der Waals surface area contributed by atoms with Crippen LogP contribution in [0.15, 0.2) is 42.5 Å². The summed E-state index contributed by atoms with van der Waals surface area (Å²) in [7, 11) is 1.39. The number of nitro benzene ring substituents is 1. The smallest absolute Gasteiger partial charge is 0.270 e. The monoisotopic (exact) mass is 427 g/mol. The van der Waals surface area contributed by atoms with Gasteiger partial charge in [0.05, 0.1) is 29.8 Å². The molecule has 0 aromatic heterocycles. The summed E-state index contributed by atoms with van der Waals surface area (Å²) in [6.45, 7) is 5.18. The second-order valence-electron chi connectivity index (χ2n) is 7.49. The maximum Gasteiger partial charge on any atom is 0.270 e. The van der Waals surface area contributed by atoms with Gasteiger partial charge in [-0.25, -0.2) is 0 Å². The number of non-ortho nitro benzene ring substituents is 1. The SMILES string of the molecule is COc1ccc([N+](=O)[O-])cc1C(=O)NCc1ccc(C(=O)N2CC(C)OC(C)C2)cc1. The molecule has 1 aliphatic rings. The van der Waals surface area contributed by atoms with E-state index in [1.54, 1.807) is 29.2 Å². The standard InChI is InChI=1S/C22H25N3O6/c1-14-12-24(13-15(2)31-14)22(27)17-6-4-16(5-7-17)11-23-21(26)19-10-18(25(28)29)8-9-20(19)30-3/h4-10,14-15H,11-13H2,1-3H3,(H,23,26). The molecule has 1 heterocycles. The molecule has 1 aliphatic heterocycles. The van der Waals surface area contributed by atoms with Crippen molar-refractivity contribution >= 4 is 17.5 Å². The quantitative estimate of drug-likeness (QED) is 0.561. The fourth-order valence-electron chi connectivity index (χ4n) is 3.56. The highest BCUT2D eigenvalue weighted by atomic mass is 16.6. The van der Waals surface area contributed by atoms with Crippen molar-refractivity contribution in [1.82, 2.24) is 10.2 Å². The van der Waals surface area contributed by atoms with Gasteiger partial charge in [0.2, 0.25) is 0 Å². The van der Waals surface area contributed by atoms with Gasteiger partial charge >= 0.3 is 0 Å². The Morgan fingerprint density at radius 2 is 1.81 bits per heavy atom. The summed E-state index contributed by atoms with van der Waals surface area (Å²) < 4.78 is 10.8. The van der Waals surface area contributed by atoms with Crippen LogP contribution < -0.4 is 10.1 Å². The van der Waals surface area contributed by atoms with Crippen molar-refractivity contribution in [3.63, 3.8) is 0 Å². The molecule has 9 nitrogen and oxygen atoms in total. The maximum atomic E-state index is 12.7. The Balaban J connectivity index is 1.64. The number of nitro groups is 1. The molecule has 164 valence electrons. The summed E-state index contributed by atoms with van der Waals surface area (Å²) in [4.78, 5) is 37.5. The lowest BCUT2D eigenvalue weighted by molar-refractivity contribution is -0.384. The molecule has 2 atom stereocenters.